The molecule has 1 heterocycles. The first-order chi connectivity index (χ1) is 7.88. The molecule has 1 fully saturated rings. The maximum atomic E-state index is 11.3. The molecule has 1 unspecified atom stereocenters. The topological polar surface area (TPSA) is 80.5 Å². The number of hydrogen-bond donors (Lipinski definition) is 1. The molecule has 1 aromatic rings. The molecule has 6 heteroatoms. The zero-order valence-electron chi connectivity index (χ0n) is 9.46. The van der Waals surface area contributed by atoms with Crippen molar-refractivity contribution in [3.05, 3.63) is 29.8 Å². The fourth-order valence-corrected chi connectivity index (χ4v) is 2.36. The van der Waals surface area contributed by atoms with E-state index in [4.69, 9.17) is 5.73 Å². The number of hydrogen-bond acceptors (Lipinski definition) is 4. The van der Waals surface area contributed by atoms with Gasteiger partial charge in [0.15, 0.2) is 9.84 Å². The van der Waals surface area contributed by atoms with Crippen molar-refractivity contribution in [2.75, 3.05) is 12.8 Å². The molecule has 0 bridgehead atoms. The van der Waals surface area contributed by atoms with E-state index in [1.807, 2.05) is 0 Å². The molecule has 0 aromatic heterocycles. The normalized spacial score (nSPS) is 20.2. The average Bonchev–Trinajstić information content (AvgIpc) is 2.28. The lowest BCUT2D eigenvalue weighted by Gasteiger charge is -2.36. The van der Waals surface area contributed by atoms with Gasteiger partial charge in [0.1, 0.15) is 6.04 Å². The third-order valence-electron chi connectivity index (χ3n) is 2.77. The Labute approximate surface area is 100 Å². The number of likely N-dealkylation sites (tertiary alicyclic amines) is 1. The van der Waals surface area contributed by atoms with Gasteiger partial charge in [0.05, 0.1) is 4.90 Å². The van der Waals surface area contributed by atoms with Crippen LogP contribution >= 0.6 is 0 Å². The highest BCUT2D eigenvalue weighted by molar-refractivity contribution is 7.90. The van der Waals surface area contributed by atoms with Gasteiger partial charge in [0, 0.05) is 19.3 Å². The lowest BCUT2D eigenvalue weighted by molar-refractivity contribution is -0.143. The van der Waals surface area contributed by atoms with Crippen LogP contribution in [-0.2, 0) is 21.2 Å². The largest absolute Gasteiger partial charge is 0.335 e. The number of sulfone groups is 1. The Kier molecular flexibility index (Phi) is 2.92. The monoisotopic (exact) mass is 254 g/mol. The Balaban J connectivity index is 2.07. The highest BCUT2D eigenvalue weighted by Gasteiger charge is 2.32. The summed E-state index contributed by atoms with van der Waals surface area (Å²) in [5, 5.41) is 0. The SMILES string of the molecule is CS(=O)(=O)c1ccc(CN2CC(N)C2=O)cc1. The van der Waals surface area contributed by atoms with E-state index in [1.165, 1.54) is 6.26 Å². The number of benzene rings is 1. The summed E-state index contributed by atoms with van der Waals surface area (Å²) in [5.41, 5.74) is 6.38. The lowest BCUT2D eigenvalue weighted by Crippen LogP contribution is -2.60. The summed E-state index contributed by atoms with van der Waals surface area (Å²) in [6, 6.07) is 6.16. The van der Waals surface area contributed by atoms with Crippen LogP contribution in [0.5, 0.6) is 0 Å². The van der Waals surface area contributed by atoms with E-state index in [1.54, 1.807) is 29.2 Å². The van der Waals surface area contributed by atoms with E-state index in [0.29, 0.717) is 13.1 Å². The molecule has 1 saturated heterocycles. The molecular formula is C11H14N2O3S. The molecule has 1 aliphatic rings. The summed E-state index contributed by atoms with van der Waals surface area (Å²) in [6.45, 7) is 1.04. The van der Waals surface area contributed by atoms with Gasteiger partial charge >= 0.3 is 0 Å². The minimum Gasteiger partial charge on any atom is -0.335 e. The second-order valence-electron chi connectivity index (χ2n) is 4.24. The minimum absolute atomic E-state index is 0.0582. The lowest BCUT2D eigenvalue weighted by atomic mass is 10.1. The first-order valence-corrected chi connectivity index (χ1v) is 7.10. The van der Waals surface area contributed by atoms with Crippen molar-refractivity contribution in [3.63, 3.8) is 0 Å². The molecule has 1 atom stereocenters. The van der Waals surface area contributed by atoms with Gasteiger partial charge in [0.25, 0.3) is 0 Å². The Morgan fingerprint density at radius 2 is 1.94 bits per heavy atom. The van der Waals surface area contributed by atoms with Crippen LogP contribution in [0.2, 0.25) is 0 Å². The number of nitrogens with zero attached hydrogens (tertiary/aromatic N) is 1. The number of carbonyl (C=O) groups is 1. The quantitative estimate of drug-likeness (QED) is 0.755. The van der Waals surface area contributed by atoms with Crippen LogP contribution in [0, 0.1) is 0 Å². The van der Waals surface area contributed by atoms with E-state index in [9.17, 15) is 13.2 Å². The maximum absolute atomic E-state index is 11.3. The van der Waals surface area contributed by atoms with Crippen LogP contribution in [0.25, 0.3) is 0 Å². The van der Waals surface area contributed by atoms with E-state index >= 15 is 0 Å². The van der Waals surface area contributed by atoms with Crippen LogP contribution < -0.4 is 5.73 Å². The van der Waals surface area contributed by atoms with E-state index in [0.717, 1.165) is 5.56 Å². The molecule has 17 heavy (non-hydrogen) atoms. The number of rotatable bonds is 3. The molecule has 2 N–H and O–H groups in total. The van der Waals surface area contributed by atoms with Gasteiger partial charge in [-0.3, -0.25) is 4.79 Å². The highest BCUT2D eigenvalue weighted by Crippen LogP contribution is 2.15. The van der Waals surface area contributed by atoms with E-state index in [2.05, 4.69) is 0 Å². The van der Waals surface area contributed by atoms with Gasteiger partial charge in [-0.25, -0.2) is 8.42 Å². The summed E-state index contributed by atoms with van der Waals surface area (Å²) in [4.78, 5) is 13.2. The molecule has 0 spiro atoms. The number of carbonyl (C=O) groups excluding carboxylic acids is 1. The molecule has 5 nitrogen and oxygen atoms in total. The number of amides is 1. The van der Waals surface area contributed by atoms with Crippen molar-refractivity contribution in [3.8, 4) is 0 Å². The summed E-state index contributed by atoms with van der Waals surface area (Å²) >= 11 is 0. The van der Waals surface area contributed by atoms with Gasteiger partial charge < -0.3 is 10.6 Å². The van der Waals surface area contributed by atoms with Crippen LogP contribution in [-0.4, -0.2) is 38.1 Å². The Hall–Kier alpha value is -1.40. The summed E-state index contributed by atoms with van der Waals surface area (Å²) in [6.07, 6.45) is 1.17. The molecule has 0 radical (unpaired) electrons. The smallest absolute Gasteiger partial charge is 0.241 e. The van der Waals surface area contributed by atoms with Crippen molar-refractivity contribution in [1.82, 2.24) is 4.90 Å². The van der Waals surface area contributed by atoms with Crippen molar-refractivity contribution < 1.29 is 13.2 Å². The predicted octanol–water partition coefficient (Wildman–Crippen LogP) is -0.240. The fourth-order valence-electron chi connectivity index (χ4n) is 1.73. The summed E-state index contributed by atoms with van der Waals surface area (Å²) < 4.78 is 22.5. The first-order valence-electron chi connectivity index (χ1n) is 5.21. The van der Waals surface area contributed by atoms with Crippen molar-refractivity contribution in [2.24, 2.45) is 5.73 Å². The molecule has 1 aliphatic heterocycles. The molecular weight excluding hydrogens is 240 g/mol. The third kappa shape index (κ3) is 2.48. The molecule has 0 saturated carbocycles. The highest BCUT2D eigenvalue weighted by atomic mass is 32.2. The first kappa shape index (κ1) is 12.1. The minimum atomic E-state index is -3.16. The Morgan fingerprint density at radius 3 is 2.35 bits per heavy atom. The molecule has 0 aliphatic carbocycles. The van der Waals surface area contributed by atoms with Crippen LogP contribution in [0.3, 0.4) is 0 Å². The van der Waals surface area contributed by atoms with Crippen LogP contribution in [0.15, 0.2) is 29.2 Å². The maximum Gasteiger partial charge on any atom is 0.241 e. The van der Waals surface area contributed by atoms with Crippen LogP contribution in [0.4, 0.5) is 0 Å². The molecule has 2 rings (SSSR count). The molecule has 1 aromatic carbocycles. The Bertz CT molecular complexity index is 536. The second-order valence-corrected chi connectivity index (χ2v) is 6.26. The Morgan fingerprint density at radius 1 is 1.35 bits per heavy atom. The number of β-lactam (4-membered cyclic amide) rings is 1. The van der Waals surface area contributed by atoms with Gasteiger partial charge in [-0.15, -0.1) is 0 Å². The average molecular weight is 254 g/mol. The van der Waals surface area contributed by atoms with Gasteiger partial charge in [-0.1, -0.05) is 12.1 Å². The standard InChI is InChI=1S/C11H14N2O3S/c1-17(15,16)9-4-2-8(3-5-9)6-13-7-10(12)11(13)14/h2-5,10H,6-7,12H2,1H3. The van der Waals surface area contributed by atoms with Gasteiger partial charge in [0.2, 0.25) is 5.91 Å². The zero-order valence-corrected chi connectivity index (χ0v) is 10.3. The second kappa shape index (κ2) is 4.12. The van der Waals surface area contributed by atoms with E-state index in [-0.39, 0.29) is 16.8 Å². The van der Waals surface area contributed by atoms with Crippen LogP contribution in [0.1, 0.15) is 5.56 Å². The summed E-state index contributed by atoms with van der Waals surface area (Å²) in [7, 11) is -3.16. The van der Waals surface area contributed by atoms with Crippen molar-refractivity contribution in [1.29, 1.82) is 0 Å². The third-order valence-corrected chi connectivity index (χ3v) is 3.90. The van der Waals surface area contributed by atoms with Crippen molar-refractivity contribution in [2.45, 2.75) is 17.5 Å². The molecule has 92 valence electrons. The van der Waals surface area contributed by atoms with E-state index < -0.39 is 9.84 Å². The molecule has 1 amide bonds. The van der Waals surface area contributed by atoms with Crippen molar-refractivity contribution >= 4 is 15.7 Å². The summed E-state index contributed by atoms with van der Waals surface area (Å²) in [5.74, 6) is -0.0582. The predicted molar refractivity (Wildman–Crippen MR) is 62.9 cm³/mol. The fraction of sp³-hybridized carbons (Fsp3) is 0.364. The number of nitrogens with two attached hydrogens (primary N) is 1. The van der Waals surface area contributed by atoms with Gasteiger partial charge in [-0.2, -0.15) is 0 Å². The van der Waals surface area contributed by atoms with Gasteiger partial charge in [-0.05, 0) is 17.7 Å². The zero-order chi connectivity index (χ0) is 12.6.